The van der Waals surface area contributed by atoms with Gasteiger partial charge in [-0.05, 0) is 19.3 Å². The summed E-state index contributed by atoms with van der Waals surface area (Å²) in [4.78, 5) is 22.4. The summed E-state index contributed by atoms with van der Waals surface area (Å²) in [6.45, 7) is 7.62. The summed E-state index contributed by atoms with van der Waals surface area (Å²) in [6.07, 6.45) is 0.854. The van der Waals surface area contributed by atoms with E-state index < -0.39 is 12.1 Å². The minimum absolute atomic E-state index is 0.0153. The van der Waals surface area contributed by atoms with Crippen LogP contribution in [0.5, 0.6) is 0 Å². The fourth-order valence-corrected chi connectivity index (χ4v) is 1.12. The number of primary amides is 1. The Morgan fingerprint density at radius 3 is 2.07 bits per heavy atom. The van der Waals surface area contributed by atoms with Gasteiger partial charge in [0.05, 0.1) is 0 Å². The number of hydrogen-bond acceptors (Lipinski definition) is 2. The molecular weight excluding hydrogens is 194 g/mol. The van der Waals surface area contributed by atoms with Crippen LogP contribution in [-0.2, 0) is 4.79 Å². The standard InChI is InChI=1S/C10H21N3O2/c1-5-7(4)12-9(14)8(6(2)3)13-10(11)15/h6-8H,5H2,1-4H3,(H,12,14)(H3,11,13,15)/t7-,8-/m1/s1. The molecule has 5 heteroatoms. The molecule has 0 saturated heterocycles. The van der Waals surface area contributed by atoms with Gasteiger partial charge >= 0.3 is 6.03 Å². The van der Waals surface area contributed by atoms with Crippen LogP contribution >= 0.6 is 0 Å². The van der Waals surface area contributed by atoms with Gasteiger partial charge in [0, 0.05) is 6.04 Å². The molecule has 15 heavy (non-hydrogen) atoms. The molecule has 0 rings (SSSR count). The van der Waals surface area contributed by atoms with Crippen LogP contribution < -0.4 is 16.4 Å². The van der Waals surface area contributed by atoms with Crippen molar-refractivity contribution in [1.82, 2.24) is 10.6 Å². The summed E-state index contributed by atoms with van der Waals surface area (Å²) in [5.74, 6) is -0.167. The molecule has 0 aliphatic heterocycles. The van der Waals surface area contributed by atoms with Crippen molar-refractivity contribution in [3.63, 3.8) is 0 Å². The number of carbonyl (C=O) groups is 2. The van der Waals surface area contributed by atoms with Gasteiger partial charge in [0.1, 0.15) is 6.04 Å². The Bertz CT molecular complexity index is 229. The lowest BCUT2D eigenvalue weighted by Gasteiger charge is -2.22. The van der Waals surface area contributed by atoms with Gasteiger partial charge in [-0.2, -0.15) is 0 Å². The third-order valence-electron chi connectivity index (χ3n) is 2.25. The molecule has 0 bridgehead atoms. The van der Waals surface area contributed by atoms with Crippen molar-refractivity contribution in [2.45, 2.75) is 46.2 Å². The van der Waals surface area contributed by atoms with Crippen LogP contribution in [0.2, 0.25) is 0 Å². The highest BCUT2D eigenvalue weighted by atomic mass is 16.2. The lowest BCUT2D eigenvalue weighted by atomic mass is 10.0. The van der Waals surface area contributed by atoms with Gasteiger partial charge in [-0.25, -0.2) is 4.79 Å². The molecule has 2 atom stereocenters. The molecule has 4 N–H and O–H groups in total. The lowest BCUT2D eigenvalue weighted by Crippen LogP contribution is -2.52. The van der Waals surface area contributed by atoms with Crippen molar-refractivity contribution >= 4 is 11.9 Å². The zero-order valence-corrected chi connectivity index (χ0v) is 9.83. The first-order valence-corrected chi connectivity index (χ1v) is 5.24. The molecule has 0 aromatic heterocycles. The highest BCUT2D eigenvalue weighted by Gasteiger charge is 2.23. The predicted molar refractivity (Wildman–Crippen MR) is 59.2 cm³/mol. The maximum atomic E-state index is 11.7. The highest BCUT2D eigenvalue weighted by molar-refractivity contribution is 5.86. The molecule has 0 fully saturated rings. The molecule has 3 amide bonds. The maximum Gasteiger partial charge on any atom is 0.312 e. The van der Waals surface area contributed by atoms with Crippen molar-refractivity contribution in [2.24, 2.45) is 11.7 Å². The first-order chi connectivity index (χ1) is 6.88. The van der Waals surface area contributed by atoms with Gasteiger partial charge in [-0.1, -0.05) is 20.8 Å². The molecule has 0 unspecified atom stereocenters. The second-order valence-corrected chi connectivity index (χ2v) is 4.05. The molecule has 0 aromatic rings. The van der Waals surface area contributed by atoms with Crippen LogP contribution in [0.4, 0.5) is 4.79 Å². The minimum atomic E-state index is -0.673. The number of nitrogens with one attached hydrogen (secondary N) is 2. The number of amides is 3. The Kier molecular flexibility index (Phi) is 5.74. The normalized spacial score (nSPS) is 14.5. The number of urea groups is 1. The van der Waals surface area contributed by atoms with Gasteiger partial charge in [0.2, 0.25) is 5.91 Å². The number of hydrogen-bond donors (Lipinski definition) is 3. The van der Waals surface area contributed by atoms with Crippen LogP contribution in [-0.4, -0.2) is 24.0 Å². The van der Waals surface area contributed by atoms with Gasteiger partial charge in [0.15, 0.2) is 0 Å². The van der Waals surface area contributed by atoms with E-state index in [1.807, 2.05) is 27.7 Å². The van der Waals surface area contributed by atoms with E-state index in [0.29, 0.717) is 0 Å². The van der Waals surface area contributed by atoms with Crippen molar-refractivity contribution in [3.8, 4) is 0 Å². The number of carbonyl (C=O) groups excluding carboxylic acids is 2. The van der Waals surface area contributed by atoms with Crippen LogP contribution in [0, 0.1) is 5.92 Å². The molecular formula is C10H21N3O2. The van der Waals surface area contributed by atoms with E-state index in [0.717, 1.165) is 6.42 Å². The van der Waals surface area contributed by atoms with E-state index in [4.69, 9.17) is 5.73 Å². The maximum absolute atomic E-state index is 11.7. The van der Waals surface area contributed by atoms with Gasteiger partial charge < -0.3 is 16.4 Å². The highest BCUT2D eigenvalue weighted by Crippen LogP contribution is 2.02. The average molecular weight is 215 g/mol. The quantitative estimate of drug-likeness (QED) is 0.627. The van der Waals surface area contributed by atoms with E-state index in [1.54, 1.807) is 0 Å². The summed E-state index contributed by atoms with van der Waals surface area (Å²) in [7, 11) is 0. The molecule has 0 spiro atoms. The van der Waals surface area contributed by atoms with E-state index in [-0.39, 0.29) is 17.9 Å². The molecule has 88 valence electrons. The van der Waals surface area contributed by atoms with Crippen molar-refractivity contribution in [2.75, 3.05) is 0 Å². The van der Waals surface area contributed by atoms with E-state index >= 15 is 0 Å². The monoisotopic (exact) mass is 215 g/mol. The molecule has 0 aliphatic rings. The fourth-order valence-electron chi connectivity index (χ4n) is 1.12. The summed E-state index contributed by atoms with van der Waals surface area (Å²) in [5, 5.41) is 5.24. The zero-order valence-electron chi connectivity index (χ0n) is 9.83. The summed E-state index contributed by atoms with van der Waals surface area (Å²) in [5.41, 5.74) is 5.00. The van der Waals surface area contributed by atoms with Crippen LogP contribution in [0.15, 0.2) is 0 Å². The zero-order chi connectivity index (χ0) is 12.0. The Balaban J connectivity index is 4.35. The third-order valence-corrected chi connectivity index (χ3v) is 2.25. The summed E-state index contributed by atoms with van der Waals surface area (Å²) in [6, 6.07) is -1.13. The van der Waals surface area contributed by atoms with Gasteiger partial charge in [-0.15, -0.1) is 0 Å². The smallest absolute Gasteiger partial charge is 0.312 e. The minimum Gasteiger partial charge on any atom is -0.352 e. The largest absolute Gasteiger partial charge is 0.352 e. The number of rotatable bonds is 5. The Hall–Kier alpha value is -1.26. The molecule has 5 nitrogen and oxygen atoms in total. The predicted octanol–water partition coefficient (Wildman–Crippen LogP) is 0.594. The van der Waals surface area contributed by atoms with E-state index in [2.05, 4.69) is 10.6 Å². The number of nitrogens with two attached hydrogens (primary N) is 1. The van der Waals surface area contributed by atoms with Crippen molar-refractivity contribution in [1.29, 1.82) is 0 Å². The molecule has 0 heterocycles. The SMILES string of the molecule is CC[C@@H](C)NC(=O)[C@H](NC(N)=O)C(C)C. The molecule has 0 radical (unpaired) electrons. The van der Waals surface area contributed by atoms with Gasteiger partial charge in [0.25, 0.3) is 0 Å². The van der Waals surface area contributed by atoms with Crippen molar-refractivity contribution < 1.29 is 9.59 Å². The summed E-state index contributed by atoms with van der Waals surface area (Å²) >= 11 is 0. The third kappa shape index (κ3) is 5.24. The van der Waals surface area contributed by atoms with Crippen LogP contribution in [0.25, 0.3) is 0 Å². The molecule has 0 aromatic carbocycles. The van der Waals surface area contributed by atoms with E-state index in [9.17, 15) is 9.59 Å². The van der Waals surface area contributed by atoms with Crippen LogP contribution in [0.3, 0.4) is 0 Å². The Morgan fingerprint density at radius 2 is 1.73 bits per heavy atom. The van der Waals surface area contributed by atoms with Crippen molar-refractivity contribution in [3.05, 3.63) is 0 Å². The first kappa shape index (κ1) is 13.7. The van der Waals surface area contributed by atoms with E-state index in [1.165, 1.54) is 0 Å². The molecule has 0 saturated carbocycles. The average Bonchev–Trinajstić information content (AvgIpc) is 2.12. The first-order valence-electron chi connectivity index (χ1n) is 5.24. The Labute approximate surface area is 90.8 Å². The second kappa shape index (κ2) is 6.27. The molecule has 0 aliphatic carbocycles. The Morgan fingerprint density at radius 1 is 1.20 bits per heavy atom. The van der Waals surface area contributed by atoms with Gasteiger partial charge in [-0.3, -0.25) is 4.79 Å². The fraction of sp³-hybridized carbons (Fsp3) is 0.800. The topological polar surface area (TPSA) is 84.2 Å². The lowest BCUT2D eigenvalue weighted by molar-refractivity contribution is -0.124. The van der Waals surface area contributed by atoms with Crippen LogP contribution in [0.1, 0.15) is 34.1 Å². The second-order valence-electron chi connectivity index (χ2n) is 4.05. The summed E-state index contributed by atoms with van der Waals surface area (Å²) < 4.78 is 0.